The predicted molar refractivity (Wildman–Crippen MR) is 104 cm³/mol. The summed E-state index contributed by atoms with van der Waals surface area (Å²) in [6.45, 7) is 1.12. The maximum atomic E-state index is 12.6. The molecule has 1 aliphatic rings. The number of urea groups is 1. The zero-order valence-electron chi connectivity index (χ0n) is 13.8. The fraction of sp³-hybridized carbons (Fsp3) is 0.158. The Morgan fingerprint density at radius 1 is 1.12 bits per heavy atom. The molecule has 0 spiro atoms. The van der Waals surface area contributed by atoms with Crippen molar-refractivity contribution in [2.75, 3.05) is 11.9 Å². The van der Waals surface area contributed by atoms with E-state index in [-0.39, 0.29) is 6.03 Å². The lowest BCUT2D eigenvalue weighted by molar-refractivity contribution is 0.206. The lowest BCUT2D eigenvalue weighted by atomic mass is 10.0. The van der Waals surface area contributed by atoms with Crippen molar-refractivity contribution in [3.05, 3.63) is 69.8 Å². The highest BCUT2D eigenvalue weighted by atomic mass is 35.5. The lowest BCUT2D eigenvalue weighted by Gasteiger charge is -2.27. The highest BCUT2D eigenvalue weighted by molar-refractivity contribution is 6.31. The largest absolute Gasteiger partial charge is 0.322 e. The van der Waals surface area contributed by atoms with Crippen molar-refractivity contribution in [3.63, 3.8) is 0 Å². The van der Waals surface area contributed by atoms with Crippen LogP contribution >= 0.6 is 23.2 Å². The van der Waals surface area contributed by atoms with Gasteiger partial charge in [0.2, 0.25) is 0 Å². The summed E-state index contributed by atoms with van der Waals surface area (Å²) >= 11 is 12.0. The summed E-state index contributed by atoms with van der Waals surface area (Å²) in [6, 6.07) is 14.5. The van der Waals surface area contributed by atoms with Crippen LogP contribution in [0.5, 0.6) is 0 Å². The Kier molecular flexibility index (Phi) is 4.57. The summed E-state index contributed by atoms with van der Waals surface area (Å²) in [5.74, 6) is 0. The van der Waals surface area contributed by atoms with Crippen LogP contribution in [0.4, 0.5) is 10.5 Å². The Labute approximate surface area is 160 Å². The topological polar surface area (TPSA) is 61.0 Å². The van der Waals surface area contributed by atoms with Gasteiger partial charge < -0.3 is 10.2 Å². The van der Waals surface area contributed by atoms with E-state index >= 15 is 0 Å². The number of aromatic nitrogens is 2. The molecule has 2 N–H and O–H groups in total. The van der Waals surface area contributed by atoms with Gasteiger partial charge in [0.25, 0.3) is 0 Å². The zero-order chi connectivity index (χ0) is 18.1. The zero-order valence-corrected chi connectivity index (χ0v) is 15.3. The molecule has 2 aromatic carbocycles. The number of hydrogen-bond donors (Lipinski definition) is 2. The van der Waals surface area contributed by atoms with Gasteiger partial charge in [-0.05, 0) is 36.4 Å². The summed E-state index contributed by atoms with van der Waals surface area (Å²) in [6.07, 6.45) is 0.733. The van der Waals surface area contributed by atoms with E-state index in [4.69, 9.17) is 23.2 Å². The van der Waals surface area contributed by atoms with Crippen LogP contribution in [0.1, 0.15) is 11.3 Å². The van der Waals surface area contributed by atoms with Crippen LogP contribution in [-0.2, 0) is 13.0 Å². The van der Waals surface area contributed by atoms with Gasteiger partial charge in [-0.2, -0.15) is 5.10 Å². The number of hydrogen-bond acceptors (Lipinski definition) is 2. The third-order valence-electron chi connectivity index (χ3n) is 4.41. The number of carbonyl (C=O) groups excluding carboxylic acids is 1. The molecule has 132 valence electrons. The quantitative estimate of drug-likeness (QED) is 0.652. The molecule has 1 aromatic heterocycles. The average molecular weight is 387 g/mol. The summed E-state index contributed by atoms with van der Waals surface area (Å²) in [7, 11) is 0. The van der Waals surface area contributed by atoms with Crippen LogP contribution in [-0.4, -0.2) is 27.7 Å². The number of anilines is 1. The minimum absolute atomic E-state index is 0.142. The van der Waals surface area contributed by atoms with E-state index in [0.717, 1.165) is 28.9 Å². The van der Waals surface area contributed by atoms with Gasteiger partial charge in [-0.25, -0.2) is 4.79 Å². The maximum Gasteiger partial charge on any atom is 0.322 e. The molecule has 0 fully saturated rings. The number of fused-ring (bicyclic) bond motifs is 1. The van der Waals surface area contributed by atoms with Gasteiger partial charge in [-0.3, -0.25) is 5.10 Å². The van der Waals surface area contributed by atoms with Gasteiger partial charge in [-0.1, -0.05) is 35.3 Å². The Morgan fingerprint density at radius 2 is 1.92 bits per heavy atom. The molecule has 7 heteroatoms. The smallest absolute Gasteiger partial charge is 0.320 e. The third kappa shape index (κ3) is 3.41. The third-order valence-corrected chi connectivity index (χ3v) is 4.90. The average Bonchev–Trinajstić information content (AvgIpc) is 3.07. The van der Waals surface area contributed by atoms with Crippen LogP contribution in [0.15, 0.2) is 48.5 Å². The van der Waals surface area contributed by atoms with Crippen LogP contribution in [0, 0.1) is 0 Å². The van der Waals surface area contributed by atoms with Crippen molar-refractivity contribution >= 4 is 34.9 Å². The molecule has 2 amide bonds. The number of rotatable bonds is 2. The molecule has 0 radical (unpaired) electrons. The van der Waals surface area contributed by atoms with Crippen molar-refractivity contribution in [2.24, 2.45) is 0 Å². The maximum absolute atomic E-state index is 12.6. The molecule has 5 nitrogen and oxygen atoms in total. The second-order valence-electron chi connectivity index (χ2n) is 6.15. The number of halogens is 2. The van der Waals surface area contributed by atoms with E-state index < -0.39 is 0 Å². The molecule has 4 rings (SSSR count). The molecule has 3 aromatic rings. The Morgan fingerprint density at radius 3 is 2.69 bits per heavy atom. The number of benzene rings is 2. The normalized spacial score (nSPS) is 13.4. The number of aromatic amines is 1. The summed E-state index contributed by atoms with van der Waals surface area (Å²) in [5, 5.41) is 11.7. The monoisotopic (exact) mass is 386 g/mol. The van der Waals surface area contributed by atoms with Crippen LogP contribution in [0.3, 0.4) is 0 Å². The van der Waals surface area contributed by atoms with E-state index in [9.17, 15) is 4.79 Å². The number of H-pyrrole nitrogens is 1. The molecule has 26 heavy (non-hydrogen) atoms. The standard InChI is InChI=1S/C19H16Cl2N4O/c20-13-4-6-15(7-5-13)22-19(26)25-9-8-17-16(11-25)18(24-23-17)12-2-1-3-14(21)10-12/h1-7,10H,8-9,11H2,(H,22,26)(H,23,24). The van der Waals surface area contributed by atoms with E-state index in [1.165, 1.54) is 0 Å². The van der Waals surface area contributed by atoms with E-state index in [1.807, 2.05) is 24.3 Å². The van der Waals surface area contributed by atoms with E-state index in [1.54, 1.807) is 29.2 Å². The summed E-state index contributed by atoms with van der Waals surface area (Å²) in [4.78, 5) is 14.4. The molecule has 0 saturated heterocycles. The first kappa shape index (κ1) is 16.9. The number of amides is 2. The first-order chi connectivity index (χ1) is 12.6. The van der Waals surface area contributed by atoms with Crippen molar-refractivity contribution in [2.45, 2.75) is 13.0 Å². The minimum Gasteiger partial charge on any atom is -0.320 e. The van der Waals surface area contributed by atoms with E-state index in [0.29, 0.717) is 28.8 Å². The first-order valence-corrected chi connectivity index (χ1v) is 8.99. The number of nitrogens with zero attached hydrogens (tertiary/aromatic N) is 2. The number of carbonyl (C=O) groups is 1. The van der Waals surface area contributed by atoms with Crippen molar-refractivity contribution in [1.82, 2.24) is 15.1 Å². The van der Waals surface area contributed by atoms with Gasteiger partial charge in [0.05, 0.1) is 12.2 Å². The van der Waals surface area contributed by atoms with Gasteiger partial charge in [0.1, 0.15) is 0 Å². The van der Waals surface area contributed by atoms with E-state index in [2.05, 4.69) is 15.5 Å². The Hall–Kier alpha value is -2.50. The molecule has 2 heterocycles. The van der Waals surface area contributed by atoms with Crippen LogP contribution in [0.2, 0.25) is 10.0 Å². The van der Waals surface area contributed by atoms with Crippen molar-refractivity contribution in [3.8, 4) is 11.3 Å². The Balaban J connectivity index is 1.54. The van der Waals surface area contributed by atoms with Crippen LogP contribution < -0.4 is 5.32 Å². The lowest BCUT2D eigenvalue weighted by Crippen LogP contribution is -2.38. The molecule has 0 aliphatic carbocycles. The molecular weight excluding hydrogens is 371 g/mol. The second kappa shape index (κ2) is 7.02. The fourth-order valence-electron chi connectivity index (χ4n) is 3.08. The van der Waals surface area contributed by atoms with Crippen molar-refractivity contribution in [1.29, 1.82) is 0 Å². The highest BCUT2D eigenvalue weighted by Gasteiger charge is 2.25. The molecule has 0 atom stereocenters. The predicted octanol–water partition coefficient (Wildman–Crippen LogP) is 4.97. The number of nitrogens with one attached hydrogen (secondary N) is 2. The summed E-state index contributed by atoms with van der Waals surface area (Å²) in [5.41, 5.74) is 4.59. The Bertz CT molecular complexity index is 952. The SMILES string of the molecule is O=C(Nc1ccc(Cl)cc1)N1CCc2[nH]nc(-c3cccc(Cl)c3)c2C1. The van der Waals surface area contributed by atoms with Crippen LogP contribution in [0.25, 0.3) is 11.3 Å². The molecular formula is C19H16Cl2N4O. The van der Waals surface area contributed by atoms with Gasteiger partial charge in [0, 0.05) is 45.5 Å². The second-order valence-corrected chi connectivity index (χ2v) is 7.02. The van der Waals surface area contributed by atoms with Gasteiger partial charge in [0.15, 0.2) is 0 Å². The molecule has 0 bridgehead atoms. The summed E-state index contributed by atoms with van der Waals surface area (Å²) < 4.78 is 0. The first-order valence-electron chi connectivity index (χ1n) is 8.24. The molecule has 1 aliphatic heterocycles. The minimum atomic E-state index is -0.142. The van der Waals surface area contributed by atoms with Gasteiger partial charge >= 0.3 is 6.03 Å². The highest BCUT2D eigenvalue weighted by Crippen LogP contribution is 2.30. The van der Waals surface area contributed by atoms with Crippen molar-refractivity contribution < 1.29 is 4.79 Å². The molecule has 0 unspecified atom stereocenters. The molecule has 0 saturated carbocycles. The fourth-order valence-corrected chi connectivity index (χ4v) is 3.39. The van der Waals surface area contributed by atoms with Gasteiger partial charge in [-0.15, -0.1) is 0 Å².